The summed E-state index contributed by atoms with van der Waals surface area (Å²) in [5, 5.41) is 0. The van der Waals surface area contributed by atoms with E-state index in [1.165, 1.54) is 0 Å². The first-order valence-corrected chi connectivity index (χ1v) is 7.68. The third kappa shape index (κ3) is 2.59. The Balaban J connectivity index is 1.86. The van der Waals surface area contributed by atoms with E-state index in [2.05, 4.69) is 11.8 Å². The highest BCUT2D eigenvalue weighted by Crippen LogP contribution is 2.44. The van der Waals surface area contributed by atoms with Crippen LogP contribution in [0.15, 0.2) is 18.2 Å². The molecular formula is C17H23NO3. The van der Waals surface area contributed by atoms with Gasteiger partial charge >= 0.3 is 0 Å². The number of hydrogen-bond donors (Lipinski definition) is 0. The average Bonchev–Trinajstić information content (AvgIpc) is 3.05. The van der Waals surface area contributed by atoms with Crippen molar-refractivity contribution in [2.45, 2.75) is 32.2 Å². The van der Waals surface area contributed by atoms with Gasteiger partial charge in [-0.15, -0.1) is 0 Å². The molecule has 1 saturated carbocycles. The number of carbonyl (C=O) groups excluding carboxylic acids is 1. The number of rotatable bonds is 4. The van der Waals surface area contributed by atoms with Crippen LogP contribution in [0, 0.1) is 11.8 Å². The topological polar surface area (TPSA) is 38.8 Å². The van der Waals surface area contributed by atoms with Crippen molar-refractivity contribution < 1.29 is 14.3 Å². The maximum atomic E-state index is 12.6. The normalized spacial score (nSPS) is 27.6. The highest BCUT2D eigenvalue weighted by molar-refractivity contribution is 5.82. The van der Waals surface area contributed by atoms with Gasteiger partial charge in [-0.25, -0.2) is 0 Å². The van der Waals surface area contributed by atoms with Crippen LogP contribution in [0.1, 0.15) is 37.8 Å². The molecule has 0 bridgehead atoms. The first-order valence-electron chi connectivity index (χ1n) is 7.68. The lowest BCUT2D eigenvalue weighted by Gasteiger charge is -2.26. The van der Waals surface area contributed by atoms with Crippen molar-refractivity contribution in [3.63, 3.8) is 0 Å². The molecule has 114 valence electrons. The van der Waals surface area contributed by atoms with Gasteiger partial charge in [0.15, 0.2) is 0 Å². The lowest BCUT2D eigenvalue weighted by molar-refractivity contribution is -0.133. The van der Waals surface area contributed by atoms with Crippen LogP contribution >= 0.6 is 0 Å². The number of benzene rings is 1. The van der Waals surface area contributed by atoms with Gasteiger partial charge in [0, 0.05) is 24.1 Å². The summed E-state index contributed by atoms with van der Waals surface area (Å²) in [5.74, 6) is 2.71. The molecule has 21 heavy (non-hydrogen) atoms. The van der Waals surface area contributed by atoms with Gasteiger partial charge in [0.1, 0.15) is 11.5 Å². The fourth-order valence-corrected chi connectivity index (χ4v) is 3.33. The maximum Gasteiger partial charge on any atom is 0.226 e. The molecule has 1 aliphatic carbocycles. The Labute approximate surface area is 126 Å². The fraction of sp³-hybridized carbons (Fsp3) is 0.588. The van der Waals surface area contributed by atoms with Crippen LogP contribution < -0.4 is 9.47 Å². The minimum absolute atomic E-state index is 0.145. The van der Waals surface area contributed by atoms with E-state index < -0.39 is 0 Å². The molecule has 0 aromatic heterocycles. The summed E-state index contributed by atoms with van der Waals surface area (Å²) in [7, 11) is 3.32. The fourth-order valence-electron chi connectivity index (χ4n) is 3.33. The van der Waals surface area contributed by atoms with Gasteiger partial charge in [-0.05, 0) is 37.3 Å². The third-order valence-electron chi connectivity index (χ3n) is 4.76. The number of ether oxygens (including phenoxy) is 2. The molecule has 1 amide bonds. The van der Waals surface area contributed by atoms with Gasteiger partial charge in [-0.2, -0.15) is 0 Å². The van der Waals surface area contributed by atoms with Crippen molar-refractivity contribution in [2.24, 2.45) is 11.8 Å². The van der Waals surface area contributed by atoms with E-state index >= 15 is 0 Å². The van der Waals surface area contributed by atoms with E-state index in [9.17, 15) is 4.79 Å². The Hall–Kier alpha value is -1.71. The van der Waals surface area contributed by atoms with Crippen molar-refractivity contribution >= 4 is 5.91 Å². The molecule has 0 N–H and O–H groups in total. The average molecular weight is 289 g/mol. The minimum Gasteiger partial charge on any atom is -0.497 e. The van der Waals surface area contributed by atoms with E-state index in [1.807, 2.05) is 18.2 Å². The zero-order chi connectivity index (χ0) is 15.0. The van der Waals surface area contributed by atoms with Crippen LogP contribution in [0.2, 0.25) is 0 Å². The van der Waals surface area contributed by atoms with Gasteiger partial charge in [0.2, 0.25) is 5.91 Å². The quantitative estimate of drug-likeness (QED) is 0.855. The first kappa shape index (κ1) is 14.2. The van der Waals surface area contributed by atoms with Gasteiger partial charge in [-0.3, -0.25) is 4.79 Å². The van der Waals surface area contributed by atoms with E-state index in [1.54, 1.807) is 14.2 Å². The Kier molecular flexibility index (Phi) is 3.79. The van der Waals surface area contributed by atoms with Crippen molar-refractivity contribution in [2.75, 3.05) is 20.8 Å². The summed E-state index contributed by atoms with van der Waals surface area (Å²) in [6, 6.07) is 6.02. The smallest absolute Gasteiger partial charge is 0.226 e. The molecule has 3 atom stereocenters. The molecule has 2 aliphatic rings. The zero-order valence-electron chi connectivity index (χ0n) is 13.0. The molecule has 4 nitrogen and oxygen atoms in total. The molecule has 0 unspecified atom stereocenters. The van der Waals surface area contributed by atoms with Crippen LogP contribution in [-0.2, 0) is 4.79 Å². The Morgan fingerprint density at radius 2 is 2.05 bits per heavy atom. The molecule has 1 aromatic rings. The number of hydrogen-bond acceptors (Lipinski definition) is 3. The van der Waals surface area contributed by atoms with Gasteiger partial charge in [-0.1, -0.05) is 6.92 Å². The summed E-state index contributed by atoms with van der Waals surface area (Å²) >= 11 is 0. The van der Waals surface area contributed by atoms with Crippen molar-refractivity contribution in [3.05, 3.63) is 23.8 Å². The Morgan fingerprint density at radius 1 is 1.29 bits per heavy atom. The van der Waals surface area contributed by atoms with Crippen LogP contribution in [0.4, 0.5) is 0 Å². The van der Waals surface area contributed by atoms with Crippen molar-refractivity contribution in [1.29, 1.82) is 0 Å². The van der Waals surface area contributed by atoms with Gasteiger partial charge in [0.05, 0.1) is 20.3 Å². The molecule has 0 spiro atoms. The third-order valence-corrected chi connectivity index (χ3v) is 4.76. The van der Waals surface area contributed by atoms with Crippen LogP contribution in [0.3, 0.4) is 0 Å². The maximum absolute atomic E-state index is 12.6. The minimum atomic E-state index is 0.145. The molecule has 1 heterocycles. The molecule has 1 aromatic carbocycles. The van der Waals surface area contributed by atoms with Crippen LogP contribution in [-0.4, -0.2) is 31.6 Å². The monoisotopic (exact) mass is 289 g/mol. The number of nitrogens with zero attached hydrogens (tertiary/aromatic N) is 1. The summed E-state index contributed by atoms with van der Waals surface area (Å²) in [6.07, 6.45) is 3.12. The second kappa shape index (κ2) is 5.58. The molecular weight excluding hydrogens is 266 g/mol. The van der Waals surface area contributed by atoms with Gasteiger partial charge < -0.3 is 14.4 Å². The summed E-state index contributed by atoms with van der Waals surface area (Å²) in [4.78, 5) is 14.6. The SMILES string of the molecule is COc1ccc([C@@H]2CCCN2C(=O)[C@H]2C[C@@H]2C)c(OC)c1. The van der Waals surface area contributed by atoms with E-state index in [4.69, 9.17) is 9.47 Å². The predicted octanol–water partition coefficient (Wildman–Crippen LogP) is 3.02. The number of likely N-dealkylation sites (tertiary alicyclic amines) is 1. The van der Waals surface area contributed by atoms with Gasteiger partial charge in [0.25, 0.3) is 0 Å². The number of carbonyl (C=O) groups is 1. The molecule has 3 rings (SSSR count). The lowest BCUT2D eigenvalue weighted by atomic mass is 10.0. The Bertz CT molecular complexity index is 543. The largest absolute Gasteiger partial charge is 0.497 e. The number of methoxy groups -OCH3 is 2. The summed E-state index contributed by atoms with van der Waals surface area (Å²) in [6.45, 7) is 3.02. The van der Waals surface area contributed by atoms with E-state index in [0.29, 0.717) is 11.8 Å². The van der Waals surface area contributed by atoms with Crippen LogP contribution in [0.25, 0.3) is 0 Å². The molecule has 1 saturated heterocycles. The van der Waals surface area contributed by atoms with E-state index in [-0.39, 0.29) is 12.0 Å². The molecule has 1 aliphatic heterocycles. The summed E-state index contributed by atoms with van der Waals surface area (Å²) in [5.41, 5.74) is 1.09. The highest BCUT2D eigenvalue weighted by Gasteiger charge is 2.44. The second-order valence-corrected chi connectivity index (χ2v) is 6.12. The highest BCUT2D eigenvalue weighted by atomic mass is 16.5. The predicted molar refractivity (Wildman–Crippen MR) is 80.5 cm³/mol. The molecule has 2 fully saturated rings. The van der Waals surface area contributed by atoms with Crippen LogP contribution in [0.5, 0.6) is 11.5 Å². The van der Waals surface area contributed by atoms with Crippen molar-refractivity contribution in [3.8, 4) is 11.5 Å². The second-order valence-electron chi connectivity index (χ2n) is 6.12. The lowest BCUT2D eigenvalue weighted by Crippen LogP contribution is -2.32. The Morgan fingerprint density at radius 3 is 2.67 bits per heavy atom. The molecule has 0 radical (unpaired) electrons. The standard InChI is InChI=1S/C17H23NO3/c1-11-9-14(11)17(19)18-8-4-5-15(18)13-7-6-12(20-2)10-16(13)21-3/h6-7,10-11,14-15H,4-5,8-9H2,1-3H3/t11-,14-,15-/m0/s1. The van der Waals surface area contributed by atoms with E-state index in [0.717, 1.165) is 42.9 Å². The number of amides is 1. The van der Waals surface area contributed by atoms with Crippen molar-refractivity contribution in [1.82, 2.24) is 4.90 Å². The summed E-state index contributed by atoms with van der Waals surface area (Å²) < 4.78 is 10.8. The first-order chi connectivity index (χ1) is 10.2. The molecule has 4 heteroatoms. The zero-order valence-corrected chi connectivity index (χ0v) is 13.0.